The third-order valence-electron chi connectivity index (χ3n) is 2.36. The fourth-order valence-electron chi connectivity index (χ4n) is 1.32. The largest absolute Gasteiger partial charge is 0.494 e. The summed E-state index contributed by atoms with van der Waals surface area (Å²) in [5.74, 6) is 0.901. The Bertz CT molecular complexity index is 455. The second-order valence-electron chi connectivity index (χ2n) is 4.12. The van der Waals surface area contributed by atoms with Crippen LogP contribution in [0.25, 0.3) is 0 Å². The average Bonchev–Trinajstić information content (AvgIpc) is 2.24. The molecule has 96 valence electrons. The maximum atomic E-state index is 11.5. The van der Waals surface area contributed by atoms with Crippen LogP contribution in [0.2, 0.25) is 0 Å². The van der Waals surface area contributed by atoms with Gasteiger partial charge in [0.2, 0.25) is 10.0 Å². The Morgan fingerprint density at radius 3 is 2.59 bits per heavy atom. The van der Waals surface area contributed by atoms with Gasteiger partial charge < -0.3 is 4.74 Å². The number of hydrogen-bond acceptors (Lipinski definition) is 3. The van der Waals surface area contributed by atoms with Crippen LogP contribution in [0.4, 0.5) is 0 Å². The lowest BCUT2D eigenvalue weighted by atomic mass is 10.2. The molecule has 0 aromatic heterocycles. The van der Waals surface area contributed by atoms with Crippen LogP contribution < -0.4 is 4.74 Å². The van der Waals surface area contributed by atoms with Gasteiger partial charge in [0.1, 0.15) is 5.75 Å². The van der Waals surface area contributed by atoms with Gasteiger partial charge in [0, 0.05) is 14.1 Å². The summed E-state index contributed by atoms with van der Waals surface area (Å²) in [4.78, 5) is 0. The second-order valence-corrected chi connectivity index (χ2v) is 6.42. The van der Waals surface area contributed by atoms with Crippen molar-refractivity contribution >= 4 is 10.0 Å². The Kier molecular flexibility index (Phi) is 4.96. The zero-order valence-electron chi connectivity index (χ0n) is 10.5. The van der Waals surface area contributed by atoms with Crippen LogP contribution in [0.15, 0.2) is 24.3 Å². The van der Waals surface area contributed by atoms with E-state index in [-0.39, 0.29) is 5.75 Å². The van der Waals surface area contributed by atoms with Crippen molar-refractivity contribution in [2.75, 3.05) is 26.5 Å². The van der Waals surface area contributed by atoms with Gasteiger partial charge in [0.05, 0.1) is 12.4 Å². The fraction of sp³-hybridized carbons (Fsp3) is 0.500. The molecule has 0 aliphatic heterocycles. The molecular formula is C12H19NO3S. The van der Waals surface area contributed by atoms with E-state index < -0.39 is 10.0 Å². The minimum Gasteiger partial charge on any atom is -0.494 e. The molecule has 1 aromatic carbocycles. The van der Waals surface area contributed by atoms with Crippen LogP contribution in [0, 0.1) is 6.92 Å². The molecule has 1 aromatic rings. The average molecular weight is 257 g/mol. The molecular weight excluding hydrogens is 238 g/mol. The van der Waals surface area contributed by atoms with Gasteiger partial charge in [-0.05, 0) is 31.0 Å². The number of hydrogen-bond donors (Lipinski definition) is 0. The van der Waals surface area contributed by atoms with Crippen LogP contribution in [-0.4, -0.2) is 39.2 Å². The molecule has 4 nitrogen and oxygen atoms in total. The van der Waals surface area contributed by atoms with Gasteiger partial charge in [0.25, 0.3) is 0 Å². The lowest BCUT2D eigenvalue weighted by molar-refractivity contribution is 0.316. The van der Waals surface area contributed by atoms with Crippen molar-refractivity contribution in [1.29, 1.82) is 0 Å². The number of benzene rings is 1. The summed E-state index contributed by atoms with van der Waals surface area (Å²) in [7, 11) is -0.0306. The van der Waals surface area contributed by atoms with Crippen LogP contribution in [0.5, 0.6) is 5.75 Å². The van der Waals surface area contributed by atoms with Crippen molar-refractivity contribution in [2.45, 2.75) is 13.3 Å². The first-order chi connectivity index (χ1) is 7.92. The summed E-state index contributed by atoms with van der Waals surface area (Å²) in [5, 5.41) is 0. The van der Waals surface area contributed by atoms with Crippen LogP contribution >= 0.6 is 0 Å². The third kappa shape index (κ3) is 4.75. The summed E-state index contributed by atoms with van der Waals surface area (Å²) in [6.45, 7) is 2.40. The van der Waals surface area contributed by atoms with Crippen molar-refractivity contribution in [2.24, 2.45) is 0 Å². The van der Waals surface area contributed by atoms with Gasteiger partial charge in [0.15, 0.2) is 0 Å². The topological polar surface area (TPSA) is 46.6 Å². The van der Waals surface area contributed by atoms with E-state index in [0.29, 0.717) is 13.0 Å². The smallest absolute Gasteiger partial charge is 0.213 e. The van der Waals surface area contributed by atoms with Gasteiger partial charge >= 0.3 is 0 Å². The quantitative estimate of drug-likeness (QED) is 0.728. The van der Waals surface area contributed by atoms with Crippen LogP contribution in [0.3, 0.4) is 0 Å². The minimum atomic E-state index is -3.11. The lowest BCUT2D eigenvalue weighted by Crippen LogP contribution is -2.25. The van der Waals surface area contributed by atoms with E-state index in [1.807, 2.05) is 31.2 Å². The zero-order valence-corrected chi connectivity index (χ0v) is 11.3. The molecule has 0 amide bonds. The monoisotopic (exact) mass is 257 g/mol. The highest BCUT2D eigenvalue weighted by Crippen LogP contribution is 2.12. The molecule has 1 rings (SSSR count). The molecule has 0 saturated heterocycles. The van der Waals surface area contributed by atoms with Crippen molar-refractivity contribution in [3.63, 3.8) is 0 Å². The van der Waals surface area contributed by atoms with Crippen molar-refractivity contribution in [3.05, 3.63) is 29.8 Å². The summed E-state index contributed by atoms with van der Waals surface area (Å²) in [6.07, 6.45) is 0.494. The van der Waals surface area contributed by atoms with Crippen LogP contribution in [-0.2, 0) is 10.0 Å². The summed E-state index contributed by atoms with van der Waals surface area (Å²) in [5.41, 5.74) is 1.13. The Morgan fingerprint density at radius 1 is 1.29 bits per heavy atom. The van der Waals surface area contributed by atoms with Gasteiger partial charge in [-0.15, -0.1) is 0 Å². The molecule has 0 aliphatic carbocycles. The molecule has 0 heterocycles. The summed E-state index contributed by atoms with van der Waals surface area (Å²) in [6, 6.07) is 7.71. The highest BCUT2D eigenvalue weighted by molar-refractivity contribution is 7.89. The molecule has 0 N–H and O–H groups in total. The number of aryl methyl sites for hydroxylation is 1. The number of nitrogens with zero attached hydrogens (tertiary/aromatic N) is 1. The normalized spacial score (nSPS) is 11.8. The maximum Gasteiger partial charge on any atom is 0.213 e. The fourth-order valence-corrected chi connectivity index (χ4v) is 2.17. The number of ether oxygens (including phenoxy) is 1. The first kappa shape index (κ1) is 14.0. The number of rotatable bonds is 6. The molecule has 5 heteroatoms. The summed E-state index contributed by atoms with van der Waals surface area (Å²) < 4.78 is 29.6. The molecule has 17 heavy (non-hydrogen) atoms. The molecule has 0 aliphatic rings. The Hall–Kier alpha value is -1.07. The van der Waals surface area contributed by atoms with Gasteiger partial charge in [-0.2, -0.15) is 0 Å². The van der Waals surface area contributed by atoms with E-state index >= 15 is 0 Å². The number of sulfonamides is 1. The van der Waals surface area contributed by atoms with Crippen molar-refractivity contribution < 1.29 is 13.2 Å². The SMILES string of the molecule is Cc1cccc(OCCCS(=O)(=O)N(C)C)c1. The highest BCUT2D eigenvalue weighted by Gasteiger charge is 2.12. The zero-order chi connectivity index (χ0) is 12.9. The molecule has 0 saturated carbocycles. The summed E-state index contributed by atoms with van der Waals surface area (Å²) >= 11 is 0. The van der Waals surface area contributed by atoms with Crippen molar-refractivity contribution in [3.8, 4) is 5.75 Å². The lowest BCUT2D eigenvalue weighted by Gasteiger charge is -2.11. The second kappa shape index (κ2) is 6.02. The van der Waals surface area contributed by atoms with Crippen molar-refractivity contribution in [1.82, 2.24) is 4.31 Å². The van der Waals surface area contributed by atoms with Gasteiger partial charge in [-0.3, -0.25) is 0 Å². The molecule has 0 unspecified atom stereocenters. The van der Waals surface area contributed by atoms with E-state index in [1.54, 1.807) is 0 Å². The molecule has 0 fully saturated rings. The third-order valence-corrected chi connectivity index (χ3v) is 4.28. The van der Waals surface area contributed by atoms with Gasteiger partial charge in [-0.25, -0.2) is 12.7 Å². The predicted octanol–water partition coefficient (Wildman–Crippen LogP) is 1.66. The predicted molar refractivity (Wildman–Crippen MR) is 68.8 cm³/mol. The molecule has 0 spiro atoms. The molecule has 0 radical (unpaired) electrons. The Morgan fingerprint density at radius 2 is 2.00 bits per heavy atom. The van der Waals surface area contributed by atoms with E-state index in [2.05, 4.69) is 0 Å². The minimum absolute atomic E-state index is 0.117. The van der Waals surface area contributed by atoms with Gasteiger partial charge in [-0.1, -0.05) is 12.1 Å². The van der Waals surface area contributed by atoms with E-state index in [0.717, 1.165) is 11.3 Å². The molecule has 0 atom stereocenters. The van der Waals surface area contributed by atoms with E-state index in [1.165, 1.54) is 18.4 Å². The first-order valence-corrected chi connectivity index (χ1v) is 7.12. The highest BCUT2D eigenvalue weighted by atomic mass is 32.2. The molecule has 0 bridgehead atoms. The van der Waals surface area contributed by atoms with E-state index in [9.17, 15) is 8.42 Å². The maximum absolute atomic E-state index is 11.5. The Labute approximate surface area is 103 Å². The van der Waals surface area contributed by atoms with Crippen LogP contribution in [0.1, 0.15) is 12.0 Å². The Balaban J connectivity index is 2.35. The standard InChI is InChI=1S/C12H19NO3S/c1-11-6-4-7-12(10-11)16-8-5-9-17(14,15)13(2)3/h4,6-7,10H,5,8-9H2,1-3H3. The van der Waals surface area contributed by atoms with E-state index in [4.69, 9.17) is 4.74 Å². The first-order valence-electron chi connectivity index (χ1n) is 5.51.